The fourth-order valence-electron chi connectivity index (χ4n) is 2.72. The van der Waals surface area contributed by atoms with Gasteiger partial charge < -0.3 is 26.1 Å². The van der Waals surface area contributed by atoms with Crippen LogP contribution in [0.2, 0.25) is 0 Å². The lowest BCUT2D eigenvalue weighted by atomic mass is 10.0. The summed E-state index contributed by atoms with van der Waals surface area (Å²) in [5.74, 6) is -0.838. The molecule has 0 radical (unpaired) electrons. The number of aromatic amines is 1. The van der Waals surface area contributed by atoms with Gasteiger partial charge in [-0.2, -0.15) is 0 Å². The van der Waals surface area contributed by atoms with Crippen LogP contribution >= 0.6 is 0 Å². The van der Waals surface area contributed by atoms with Crippen molar-refractivity contribution in [1.82, 2.24) is 9.71 Å². The molecule has 1 aromatic carbocycles. The molecule has 11 nitrogen and oxygen atoms in total. The van der Waals surface area contributed by atoms with Crippen molar-refractivity contribution < 1.29 is 22.7 Å². The lowest BCUT2D eigenvalue weighted by molar-refractivity contribution is -0.110. The Morgan fingerprint density at radius 3 is 2.55 bits per heavy atom. The molecular formula is C17H17N6O5S-. The summed E-state index contributed by atoms with van der Waals surface area (Å²) in [5, 5.41) is 2.70. The Bertz CT molecular complexity index is 1140. The normalized spacial score (nSPS) is 13.8. The van der Waals surface area contributed by atoms with E-state index < -0.39 is 16.0 Å². The molecule has 12 heteroatoms. The lowest BCUT2D eigenvalue weighted by Crippen LogP contribution is -2.18. The summed E-state index contributed by atoms with van der Waals surface area (Å²) in [6.45, 7) is 1.73. The Labute approximate surface area is 166 Å². The molecule has 29 heavy (non-hydrogen) atoms. The topological polar surface area (TPSA) is 176 Å². The largest absolute Gasteiger partial charge is 0.465 e. The average molecular weight is 417 g/mol. The van der Waals surface area contributed by atoms with Gasteiger partial charge in [-0.3, -0.25) is 9.71 Å². The van der Waals surface area contributed by atoms with Crippen molar-refractivity contribution >= 4 is 39.2 Å². The molecule has 3 rings (SSSR count). The van der Waals surface area contributed by atoms with Gasteiger partial charge in [0.05, 0.1) is 23.1 Å². The number of carbonyl (C=O) groups is 2. The first-order chi connectivity index (χ1) is 13.7. The summed E-state index contributed by atoms with van der Waals surface area (Å²) in [4.78, 5) is 28.5. The van der Waals surface area contributed by atoms with Crippen molar-refractivity contribution in [3.8, 4) is 0 Å². The maximum absolute atomic E-state index is 12.3. The van der Waals surface area contributed by atoms with Gasteiger partial charge in [0.25, 0.3) is 5.91 Å². The second kappa shape index (κ2) is 8.61. The first kappa shape index (κ1) is 21.7. The smallest absolute Gasteiger partial charge is 0.339 e. The van der Waals surface area contributed by atoms with Crippen LogP contribution in [0.4, 0.5) is 5.69 Å². The zero-order valence-corrected chi connectivity index (χ0v) is 16.5. The second-order valence-electron chi connectivity index (χ2n) is 5.75. The molecule has 0 spiro atoms. The number of amides is 1. The molecule has 1 amide bonds. The number of nitrogens with one attached hydrogen (secondary N) is 3. The molecule has 0 atom stereocenters. The van der Waals surface area contributed by atoms with Gasteiger partial charge in [-0.25, -0.2) is 17.9 Å². The van der Waals surface area contributed by atoms with E-state index in [0.29, 0.717) is 33.6 Å². The number of ether oxygens (including phenoxy) is 1. The Morgan fingerprint density at radius 2 is 1.97 bits per heavy atom. The van der Waals surface area contributed by atoms with Gasteiger partial charge in [0, 0.05) is 23.1 Å². The second-order valence-corrected chi connectivity index (χ2v) is 7.64. The summed E-state index contributed by atoms with van der Waals surface area (Å²) >= 11 is 0. The molecule has 0 unspecified atom stereocenters. The van der Waals surface area contributed by atoms with Crippen LogP contribution < -0.4 is 10.0 Å². The molecule has 0 saturated carbocycles. The van der Waals surface area contributed by atoms with E-state index in [9.17, 15) is 18.0 Å². The molecule has 0 aliphatic carbocycles. The molecule has 2 heterocycles. The molecule has 1 aliphatic heterocycles. The van der Waals surface area contributed by atoms with E-state index in [4.69, 9.17) is 15.8 Å². The van der Waals surface area contributed by atoms with E-state index in [1.54, 1.807) is 19.1 Å². The molecule has 2 aromatic rings. The highest BCUT2D eigenvalue weighted by atomic mass is 32.2. The highest BCUT2D eigenvalue weighted by Gasteiger charge is 2.27. The van der Waals surface area contributed by atoms with Crippen LogP contribution in [-0.2, 0) is 19.6 Å². The number of sulfonamides is 1. The predicted octanol–water partition coefficient (Wildman–Crippen LogP) is 2.38. The van der Waals surface area contributed by atoms with E-state index in [1.165, 1.54) is 37.4 Å². The molecule has 1 aromatic heterocycles. The third-order valence-corrected chi connectivity index (χ3v) is 5.64. The third kappa shape index (κ3) is 4.29. The number of carbonyl (C=O) groups excluding carboxylic acids is 2. The quantitative estimate of drug-likeness (QED) is 0.227. The Morgan fingerprint density at radius 1 is 1.31 bits per heavy atom. The number of nitrogens with zero attached hydrogens (tertiary/aromatic N) is 3. The minimum atomic E-state index is -3.64. The van der Waals surface area contributed by atoms with Gasteiger partial charge in [-0.05, 0) is 43.8 Å². The molecule has 0 fully saturated rings. The number of esters is 1. The Kier molecular flexibility index (Phi) is 6.44. The Hall–Kier alpha value is -3.60. The van der Waals surface area contributed by atoms with E-state index in [-0.39, 0.29) is 10.8 Å². The van der Waals surface area contributed by atoms with Crippen LogP contribution in [0.1, 0.15) is 27.2 Å². The van der Waals surface area contributed by atoms with Crippen molar-refractivity contribution in [2.75, 3.05) is 19.5 Å². The number of aromatic nitrogens is 1. The zero-order chi connectivity index (χ0) is 21.8. The fraction of sp³-hybridized carbons (Fsp3) is 0.176. The van der Waals surface area contributed by atoms with Crippen LogP contribution in [0, 0.1) is 6.92 Å². The van der Waals surface area contributed by atoms with Crippen LogP contribution in [0.25, 0.3) is 27.6 Å². The van der Waals surface area contributed by atoms with Gasteiger partial charge in [0.15, 0.2) is 0 Å². The molecule has 0 bridgehead atoms. The number of hydrogen-bond acceptors (Lipinski definition) is 5. The lowest BCUT2D eigenvalue weighted by Gasteiger charge is -2.05. The number of H-pyrrole nitrogens is 1. The number of anilines is 1. The van der Waals surface area contributed by atoms with E-state index >= 15 is 0 Å². The van der Waals surface area contributed by atoms with Crippen molar-refractivity contribution in [2.45, 2.75) is 11.8 Å². The molecular weight excluding hydrogens is 400 g/mol. The molecule has 152 valence electrons. The maximum Gasteiger partial charge on any atom is 0.339 e. The molecule has 0 saturated heterocycles. The van der Waals surface area contributed by atoms with Crippen molar-refractivity contribution in [1.29, 1.82) is 0 Å². The van der Waals surface area contributed by atoms with E-state index in [1.807, 2.05) is 0 Å². The van der Waals surface area contributed by atoms with Crippen LogP contribution in [-0.4, -0.2) is 39.4 Å². The van der Waals surface area contributed by atoms with Crippen molar-refractivity contribution in [3.63, 3.8) is 0 Å². The van der Waals surface area contributed by atoms with Gasteiger partial charge >= 0.3 is 5.97 Å². The summed E-state index contributed by atoms with van der Waals surface area (Å²) in [6.07, 6.45) is 3.09. The summed E-state index contributed by atoms with van der Waals surface area (Å²) < 4.78 is 31.0. The van der Waals surface area contributed by atoms with Gasteiger partial charge in [0.1, 0.15) is 0 Å². The first-order valence-electron chi connectivity index (χ1n) is 8.05. The summed E-state index contributed by atoms with van der Waals surface area (Å²) in [5.41, 5.74) is 16.3. The fourth-order valence-corrected chi connectivity index (χ4v) is 3.48. The minimum Gasteiger partial charge on any atom is -0.465 e. The van der Waals surface area contributed by atoms with Gasteiger partial charge in [-0.15, -0.1) is 0 Å². The maximum atomic E-state index is 12.3. The zero-order valence-electron chi connectivity index (χ0n) is 15.7. The van der Waals surface area contributed by atoms with Gasteiger partial charge in [0.2, 0.25) is 10.0 Å². The number of methoxy groups -OCH3 is 1. The van der Waals surface area contributed by atoms with Crippen LogP contribution in [0.15, 0.2) is 29.3 Å². The molecule has 1 aliphatic rings. The summed E-state index contributed by atoms with van der Waals surface area (Å²) in [6, 6.07) is 4.40. The SMILES string of the molecule is CNS(=O)(=O)c1ccc2c(c1)C(=Cc1[nH]cc(C(=O)OC)c1C)C(=O)N2.[N-]=[N+]=[N-]. The number of fused-ring (bicyclic) bond motifs is 1. The van der Waals surface area contributed by atoms with E-state index in [0.717, 1.165) is 0 Å². The highest BCUT2D eigenvalue weighted by Crippen LogP contribution is 2.35. The van der Waals surface area contributed by atoms with Crippen molar-refractivity contribution in [2.24, 2.45) is 0 Å². The monoisotopic (exact) mass is 417 g/mol. The summed E-state index contributed by atoms with van der Waals surface area (Å²) in [7, 11) is -1.03. The van der Waals surface area contributed by atoms with E-state index in [2.05, 4.69) is 15.0 Å². The number of benzene rings is 1. The number of hydrogen-bond donors (Lipinski definition) is 3. The Balaban J connectivity index is 0.000000941. The standard InChI is InChI=1S/C17H17N3O5S.N3/c1-9-13(17(22)25-3)8-19-15(9)7-12-11-6-10(26(23,24)18-2)4-5-14(11)20-16(12)21;1-3-2/h4-8,18-19H,1-3H3,(H,20,21);/q;-1. The van der Waals surface area contributed by atoms with Gasteiger partial charge in [-0.1, -0.05) is 0 Å². The predicted molar refractivity (Wildman–Crippen MR) is 106 cm³/mol. The minimum absolute atomic E-state index is 0.0552. The highest BCUT2D eigenvalue weighted by molar-refractivity contribution is 7.89. The van der Waals surface area contributed by atoms with Crippen LogP contribution in [0.5, 0.6) is 0 Å². The number of rotatable bonds is 4. The first-order valence-corrected chi connectivity index (χ1v) is 9.54. The van der Waals surface area contributed by atoms with Crippen LogP contribution in [0.3, 0.4) is 0 Å². The average Bonchev–Trinajstić information content (AvgIpc) is 3.21. The molecule has 3 N–H and O–H groups in total. The van der Waals surface area contributed by atoms with Crippen molar-refractivity contribution in [3.05, 3.63) is 62.8 Å². The third-order valence-electron chi connectivity index (χ3n) is 4.23.